The van der Waals surface area contributed by atoms with Crippen molar-refractivity contribution in [3.05, 3.63) is 193 Å². The minimum atomic E-state index is -0.0924. The van der Waals surface area contributed by atoms with Crippen molar-refractivity contribution in [1.82, 2.24) is 25.1 Å². The fraction of sp³-hybridized carbons (Fsp3) is 0.0980. The lowest BCUT2D eigenvalue weighted by molar-refractivity contribution is 0.224. The molecule has 3 unspecified atom stereocenters. The molecule has 1 aliphatic heterocycles. The van der Waals surface area contributed by atoms with E-state index in [1.165, 1.54) is 54.8 Å². The zero-order valence-corrected chi connectivity index (χ0v) is 31.2. The number of aromatic nitrogens is 2. The first-order valence-electron chi connectivity index (χ1n) is 19.9. The van der Waals surface area contributed by atoms with E-state index in [2.05, 4.69) is 195 Å². The molecule has 7 aromatic carbocycles. The van der Waals surface area contributed by atoms with Crippen molar-refractivity contribution in [2.75, 3.05) is 0 Å². The van der Waals surface area contributed by atoms with Crippen LogP contribution in [0.1, 0.15) is 36.3 Å². The van der Waals surface area contributed by atoms with E-state index in [0.29, 0.717) is 0 Å². The van der Waals surface area contributed by atoms with Gasteiger partial charge >= 0.3 is 0 Å². The van der Waals surface area contributed by atoms with Gasteiger partial charge in [-0.15, -0.1) is 0 Å². The molecular weight excluding hydrogens is 699 g/mol. The summed E-state index contributed by atoms with van der Waals surface area (Å²) >= 11 is 0. The van der Waals surface area contributed by atoms with E-state index in [1.807, 2.05) is 6.07 Å². The van der Waals surface area contributed by atoms with Gasteiger partial charge in [0.1, 0.15) is 11.2 Å². The molecule has 0 radical (unpaired) electrons. The third kappa shape index (κ3) is 5.08. The fourth-order valence-electron chi connectivity index (χ4n) is 9.52. The van der Waals surface area contributed by atoms with Crippen LogP contribution in [0.3, 0.4) is 0 Å². The Morgan fingerprint density at radius 2 is 1.12 bits per heavy atom. The molecule has 0 spiro atoms. The Hall–Kier alpha value is -6.70. The second-order valence-electron chi connectivity index (χ2n) is 15.3. The molecule has 4 heterocycles. The van der Waals surface area contributed by atoms with Crippen LogP contribution >= 0.6 is 0 Å². The topological polar surface area (TPSA) is 59.1 Å². The number of hydrogen-bond donors (Lipinski definition) is 3. The van der Waals surface area contributed by atoms with Gasteiger partial charge in [0.2, 0.25) is 0 Å². The summed E-state index contributed by atoms with van der Waals surface area (Å²) in [5, 5.41) is 18.8. The number of fused-ring (bicyclic) bond motifs is 11. The summed E-state index contributed by atoms with van der Waals surface area (Å²) in [4.78, 5) is 0. The van der Waals surface area contributed by atoms with Crippen LogP contribution in [-0.2, 0) is 0 Å². The fourth-order valence-corrected chi connectivity index (χ4v) is 9.52. The molecule has 6 nitrogen and oxygen atoms in total. The molecule has 1 aliphatic carbocycles. The maximum Gasteiger partial charge on any atom is 0.137 e. The zero-order chi connectivity index (χ0) is 37.5. The van der Waals surface area contributed by atoms with Crippen molar-refractivity contribution < 1.29 is 4.42 Å². The molecule has 10 aromatic rings. The van der Waals surface area contributed by atoms with Gasteiger partial charge in [0, 0.05) is 38.3 Å². The number of rotatable bonds is 5. The highest BCUT2D eigenvalue weighted by Crippen LogP contribution is 2.45. The number of nitrogens with zero attached hydrogens (tertiary/aromatic N) is 2. The van der Waals surface area contributed by atoms with Crippen LogP contribution in [-0.4, -0.2) is 15.3 Å². The number of furan rings is 1. The Balaban J connectivity index is 1.09. The van der Waals surface area contributed by atoms with Crippen LogP contribution in [0.2, 0.25) is 0 Å². The lowest BCUT2D eigenvalue weighted by Gasteiger charge is -2.40. The van der Waals surface area contributed by atoms with Gasteiger partial charge in [-0.25, -0.2) is 0 Å². The first kappa shape index (κ1) is 32.5. The maximum absolute atomic E-state index is 6.46. The largest absolute Gasteiger partial charge is 0.456 e. The lowest BCUT2D eigenvalue weighted by atomic mass is 10.0. The average molecular weight is 738 g/mol. The molecule has 57 heavy (non-hydrogen) atoms. The SMILES string of the molecule is C1=CC(C2NC(c3ccccc3)NC(c3cccc(-n4c5ccccc5c5c4ccc4c6ccc7oc8ccccc8c7c6n(-c6ccccc6)c45)c3)N2)=CCC1. The van der Waals surface area contributed by atoms with Crippen LogP contribution in [0, 0.1) is 0 Å². The molecule has 3 N–H and O–H groups in total. The van der Waals surface area contributed by atoms with Gasteiger partial charge in [-0.3, -0.25) is 16.0 Å². The summed E-state index contributed by atoms with van der Waals surface area (Å²) in [6, 6.07) is 56.8. The summed E-state index contributed by atoms with van der Waals surface area (Å²) in [7, 11) is 0. The number of para-hydroxylation sites is 3. The highest BCUT2D eigenvalue weighted by atomic mass is 16.3. The summed E-state index contributed by atoms with van der Waals surface area (Å²) in [5.74, 6) is 0. The predicted molar refractivity (Wildman–Crippen MR) is 234 cm³/mol. The van der Waals surface area contributed by atoms with Gasteiger partial charge in [0.05, 0.1) is 46.0 Å². The zero-order valence-electron chi connectivity index (χ0n) is 31.2. The second kappa shape index (κ2) is 12.9. The first-order chi connectivity index (χ1) is 28.3. The van der Waals surface area contributed by atoms with Crippen LogP contribution in [0.25, 0.3) is 76.9 Å². The van der Waals surface area contributed by atoms with Crippen LogP contribution in [0.5, 0.6) is 0 Å². The molecule has 6 heteroatoms. The minimum absolute atomic E-state index is 0.00176. The number of nitrogens with one attached hydrogen (secondary N) is 3. The quantitative estimate of drug-likeness (QED) is 0.165. The monoisotopic (exact) mass is 737 g/mol. The summed E-state index contributed by atoms with van der Waals surface area (Å²) in [6.45, 7) is 0. The molecule has 274 valence electrons. The van der Waals surface area contributed by atoms with Gasteiger partial charge in [-0.2, -0.15) is 0 Å². The Bertz CT molecular complexity index is 3240. The van der Waals surface area contributed by atoms with Crippen molar-refractivity contribution in [2.24, 2.45) is 0 Å². The molecular formula is C51H39N5O. The Morgan fingerprint density at radius 1 is 0.456 bits per heavy atom. The van der Waals surface area contributed by atoms with Crippen LogP contribution in [0.15, 0.2) is 186 Å². The van der Waals surface area contributed by atoms with E-state index in [-0.39, 0.29) is 18.5 Å². The van der Waals surface area contributed by atoms with Crippen molar-refractivity contribution in [2.45, 2.75) is 31.3 Å². The Labute approximate surface area is 329 Å². The van der Waals surface area contributed by atoms with Gasteiger partial charge in [0.15, 0.2) is 0 Å². The molecule has 0 saturated carbocycles. The molecule has 12 rings (SSSR count). The lowest BCUT2D eigenvalue weighted by Crippen LogP contribution is -2.59. The first-order valence-corrected chi connectivity index (χ1v) is 19.9. The molecule has 3 atom stereocenters. The van der Waals surface area contributed by atoms with E-state index >= 15 is 0 Å². The van der Waals surface area contributed by atoms with Crippen molar-refractivity contribution in [3.63, 3.8) is 0 Å². The van der Waals surface area contributed by atoms with Crippen LogP contribution in [0.4, 0.5) is 0 Å². The van der Waals surface area contributed by atoms with Gasteiger partial charge in [-0.1, -0.05) is 121 Å². The predicted octanol–water partition coefficient (Wildman–Crippen LogP) is 11.9. The third-order valence-corrected chi connectivity index (χ3v) is 12.0. The average Bonchev–Trinajstić information content (AvgIpc) is 3.95. The molecule has 0 amide bonds. The standard InChI is InChI=1S/C51H39N5O/c1-4-15-32(16-5-1)49-52-50(33-17-6-2-7-18-33)54-51(53-49)34-19-14-22-36(31-34)55-41-25-12-10-23-39(41)45-42(55)29-27-37-38-28-30-44-46(40-24-11-13-26-43(40)57-44)48(38)56(47(37)45)35-20-8-3-9-21-35/h1,3-6,8-31,49-54H,2,7H2. The second-order valence-corrected chi connectivity index (χ2v) is 15.3. The van der Waals surface area contributed by atoms with Crippen molar-refractivity contribution in [1.29, 1.82) is 0 Å². The number of hydrogen-bond acceptors (Lipinski definition) is 4. The molecule has 2 aliphatic rings. The Morgan fingerprint density at radius 3 is 1.95 bits per heavy atom. The van der Waals surface area contributed by atoms with Gasteiger partial charge in [0.25, 0.3) is 0 Å². The smallest absolute Gasteiger partial charge is 0.137 e. The molecule has 3 aromatic heterocycles. The minimum Gasteiger partial charge on any atom is -0.456 e. The number of allylic oxidation sites excluding steroid dienone is 2. The molecule has 0 bridgehead atoms. The highest BCUT2D eigenvalue weighted by Gasteiger charge is 2.31. The Kier molecular flexibility index (Phi) is 7.38. The van der Waals surface area contributed by atoms with E-state index in [0.717, 1.165) is 51.7 Å². The van der Waals surface area contributed by atoms with E-state index in [9.17, 15) is 0 Å². The summed E-state index contributed by atoms with van der Waals surface area (Å²) < 4.78 is 11.4. The summed E-state index contributed by atoms with van der Waals surface area (Å²) in [5.41, 5.74) is 12.4. The maximum atomic E-state index is 6.46. The van der Waals surface area contributed by atoms with Crippen LogP contribution < -0.4 is 16.0 Å². The molecule has 1 saturated heterocycles. The van der Waals surface area contributed by atoms with E-state index < -0.39 is 0 Å². The van der Waals surface area contributed by atoms with E-state index in [4.69, 9.17) is 4.42 Å². The number of benzene rings is 7. The highest BCUT2D eigenvalue weighted by molar-refractivity contribution is 6.30. The summed E-state index contributed by atoms with van der Waals surface area (Å²) in [6.07, 6.45) is 8.94. The van der Waals surface area contributed by atoms with Gasteiger partial charge < -0.3 is 13.6 Å². The normalized spacial score (nSPS) is 18.7. The van der Waals surface area contributed by atoms with E-state index in [1.54, 1.807) is 0 Å². The van der Waals surface area contributed by atoms with Crippen molar-refractivity contribution in [3.8, 4) is 11.4 Å². The van der Waals surface area contributed by atoms with Gasteiger partial charge in [-0.05, 0) is 84.1 Å². The van der Waals surface area contributed by atoms with Crippen molar-refractivity contribution >= 4 is 65.6 Å². The molecule has 1 fully saturated rings. The third-order valence-electron chi connectivity index (χ3n) is 12.0.